The number of nitrogens with zero attached hydrogens (tertiary/aromatic N) is 3. The van der Waals surface area contributed by atoms with Gasteiger partial charge in [0.1, 0.15) is 0 Å². The summed E-state index contributed by atoms with van der Waals surface area (Å²) in [6.45, 7) is 8.81. The van der Waals surface area contributed by atoms with Crippen LogP contribution >= 0.6 is 0 Å². The number of piperidine rings is 1. The van der Waals surface area contributed by atoms with Gasteiger partial charge in [-0.2, -0.15) is 5.10 Å². The molecule has 3 rings (SSSR count). The maximum Gasteiger partial charge on any atom is 0.270 e. The third kappa shape index (κ3) is 2.83. The van der Waals surface area contributed by atoms with E-state index in [1.165, 1.54) is 6.07 Å². The number of rotatable bonds is 2. The molecule has 6 heteroatoms. The van der Waals surface area contributed by atoms with Crippen LogP contribution in [-0.4, -0.2) is 25.8 Å². The standard InChI is InChI=1S/C16H22N4O2/c1-15(2)8-13(9-16(3,4)18-15)19-10-11-7-12(20(21)22)5-6-14(11)17-19/h5-7,10,13,18H,8-9H2,1-4H3. The first-order valence-corrected chi connectivity index (χ1v) is 7.58. The zero-order valence-corrected chi connectivity index (χ0v) is 13.5. The minimum absolute atomic E-state index is 0.0382. The van der Waals surface area contributed by atoms with Crippen LogP contribution in [-0.2, 0) is 0 Å². The van der Waals surface area contributed by atoms with E-state index in [0.29, 0.717) is 0 Å². The Hall–Kier alpha value is -1.95. The average molecular weight is 302 g/mol. The lowest BCUT2D eigenvalue weighted by atomic mass is 9.80. The van der Waals surface area contributed by atoms with Crippen LogP contribution < -0.4 is 5.32 Å². The lowest BCUT2D eigenvalue weighted by Crippen LogP contribution is -2.58. The van der Waals surface area contributed by atoms with Crippen molar-refractivity contribution >= 4 is 16.6 Å². The normalized spacial score (nSPS) is 21.1. The van der Waals surface area contributed by atoms with Crippen LogP contribution in [0.3, 0.4) is 0 Å². The summed E-state index contributed by atoms with van der Waals surface area (Å²) < 4.78 is 1.98. The molecule has 2 aromatic rings. The molecule has 0 unspecified atom stereocenters. The van der Waals surface area contributed by atoms with Crippen molar-refractivity contribution in [3.8, 4) is 0 Å². The summed E-state index contributed by atoms with van der Waals surface area (Å²) >= 11 is 0. The maximum absolute atomic E-state index is 10.9. The second-order valence-electron chi connectivity index (χ2n) is 7.56. The molecule has 22 heavy (non-hydrogen) atoms. The molecule has 0 bridgehead atoms. The van der Waals surface area contributed by atoms with Gasteiger partial charge in [0.25, 0.3) is 5.69 Å². The van der Waals surface area contributed by atoms with Crippen molar-refractivity contribution in [2.75, 3.05) is 0 Å². The fraction of sp³-hybridized carbons (Fsp3) is 0.562. The van der Waals surface area contributed by atoms with Gasteiger partial charge in [0.2, 0.25) is 0 Å². The molecule has 2 heterocycles. The molecule has 1 aromatic carbocycles. The van der Waals surface area contributed by atoms with Crippen LogP contribution in [0.2, 0.25) is 0 Å². The fourth-order valence-corrected chi connectivity index (χ4v) is 3.79. The number of nitrogens with one attached hydrogen (secondary N) is 1. The van der Waals surface area contributed by atoms with Gasteiger partial charge in [-0.25, -0.2) is 0 Å². The number of fused-ring (bicyclic) bond motifs is 1. The van der Waals surface area contributed by atoms with E-state index in [-0.39, 0.29) is 27.7 Å². The van der Waals surface area contributed by atoms with Crippen LogP contribution in [0.1, 0.15) is 46.6 Å². The molecule has 118 valence electrons. The van der Waals surface area contributed by atoms with Gasteiger partial charge in [-0.1, -0.05) is 0 Å². The Morgan fingerprint density at radius 2 is 1.91 bits per heavy atom. The highest BCUT2D eigenvalue weighted by atomic mass is 16.6. The second kappa shape index (κ2) is 4.78. The quantitative estimate of drug-likeness (QED) is 0.681. The lowest BCUT2D eigenvalue weighted by molar-refractivity contribution is -0.384. The summed E-state index contributed by atoms with van der Waals surface area (Å²) in [6, 6.07) is 5.12. The maximum atomic E-state index is 10.9. The van der Waals surface area contributed by atoms with E-state index in [4.69, 9.17) is 0 Å². The zero-order chi connectivity index (χ0) is 16.1. The summed E-state index contributed by atoms with van der Waals surface area (Å²) in [7, 11) is 0. The van der Waals surface area contributed by atoms with Crippen molar-refractivity contribution in [2.45, 2.75) is 57.7 Å². The number of nitro benzene ring substituents is 1. The molecule has 0 radical (unpaired) electrons. The Morgan fingerprint density at radius 1 is 1.27 bits per heavy atom. The Kier molecular flexibility index (Phi) is 3.25. The third-order valence-corrected chi connectivity index (χ3v) is 4.26. The molecular weight excluding hydrogens is 280 g/mol. The summed E-state index contributed by atoms with van der Waals surface area (Å²) in [5.41, 5.74) is 0.991. The molecule has 0 atom stereocenters. The Balaban J connectivity index is 1.97. The number of aromatic nitrogens is 2. The van der Waals surface area contributed by atoms with Gasteiger partial charge < -0.3 is 5.32 Å². The highest BCUT2D eigenvalue weighted by Gasteiger charge is 2.38. The van der Waals surface area contributed by atoms with Crippen LogP contribution in [0.25, 0.3) is 10.9 Å². The summed E-state index contributed by atoms with van der Waals surface area (Å²) in [5, 5.41) is 20.0. The molecule has 0 spiro atoms. The minimum Gasteiger partial charge on any atom is -0.307 e. The van der Waals surface area contributed by atoms with Crippen LogP contribution in [0.5, 0.6) is 0 Å². The molecule has 1 aliphatic rings. The Labute approximate surface area is 129 Å². The molecule has 1 saturated heterocycles. The molecule has 1 N–H and O–H groups in total. The van der Waals surface area contributed by atoms with E-state index in [0.717, 1.165) is 23.7 Å². The van der Waals surface area contributed by atoms with Crippen LogP contribution in [0.4, 0.5) is 5.69 Å². The van der Waals surface area contributed by atoms with Crippen LogP contribution in [0, 0.1) is 10.1 Å². The largest absolute Gasteiger partial charge is 0.307 e. The van der Waals surface area contributed by atoms with Crippen molar-refractivity contribution in [1.29, 1.82) is 0 Å². The number of nitro groups is 1. The van der Waals surface area contributed by atoms with Gasteiger partial charge >= 0.3 is 0 Å². The molecule has 0 aliphatic carbocycles. The van der Waals surface area contributed by atoms with E-state index >= 15 is 0 Å². The smallest absolute Gasteiger partial charge is 0.270 e. The van der Waals surface area contributed by atoms with Gasteiger partial charge in [-0.15, -0.1) is 0 Å². The van der Waals surface area contributed by atoms with Gasteiger partial charge in [-0.3, -0.25) is 14.8 Å². The monoisotopic (exact) mass is 302 g/mol. The van der Waals surface area contributed by atoms with E-state index in [1.54, 1.807) is 12.1 Å². The van der Waals surface area contributed by atoms with Crippen molar-refractivity contribution in [3.63, 3.8) is 0 Å². The van der Waals surface area contributed by atoms with Crippen LogP contribution in [0.15, 0.2) is 24.4 Å². The van der Waals surface area contributed by atoms with Crippen molar-refractivity contribution in [2.24, 2.45) is 0 Å². The highest BCUT2D eigenvalue weighted by Crippen LogP contribution is 2.36. The summed E-state index contributed by atoms with van der Waals surface area (Å²) in [6.07, 6.45) is 3.89. The van der Waals surface area contributed by atoms with E-state index in [2.05, 4.69) is 38.1 Å². The predicted molar refractivity (Wildman–Crippen MR) is 86.0 cm³/mol. The number of benzene rings is 1. The van der Waals surface area contributed by atoms with E-state index < -0.39 is 0 Å². The molecule has 0 saturated carbocycles. The second-order valence-corrected chi connectivity index (χ2v) is 7.56. The molecule has 1 aromatic heterocycles. The fourth-order valence-electron chi connectivity index (χ4n) is 3.79. The van der Waals surface area contributed by atoms with Crippen molar-refractivity contribution in [3.05, 3.63) is 34.5 Å². The highest BCUT2D eigenvalue weighted by molar-refractivity contribution is 5.80. The number of hydrogen-bond acceptors (Lipinski definition) is 4. The first-order valence-electron chi connectivity index (χ1n) is 7.58. The molecular formula is C16H22N4O2. The zero-order valence-electron chi connectivity index (χ0n) is 13.5. The molecule has 1 aliphatic heterocycles. The Bertz CT molecular complexity index is 717. The van der Waals surface area contributed by atoms with Gasteiger partial charge in [0, 0.05) is 34.8 Å². The topological polar surface area (TPSA) is 73.0 Å². The minimum atomic E-state index is -0.368. The average Bonchev–Trinajstić information content (AvgIpc) is 2.77. The van der Waals surface area contributed by atoms with Gasteiger partial charge in [0.05, 0.1) is 16.5 Å². The predicted octanol–water partition coefficient (Wildman–Crippen LogP) is 3.43. The summed E-state index contributed by atoms with van der Waals surface area (Å²) in [5.74, 6) is 0. The van der Waals surface area contributed by atoms with E-state index in [9.17, 15) is 10.1 Å². The van der Waals surface area contributed by atoms with Crippen molar-refractivity contribution in [1.82, 2.24) is 15.1 Å². The SMILES string of the molecule is CC1(C)CC(n2cc3cc([N+](=O)[O-])ccc3n2)CC(C)(C)N1. The first-order chi connectivity index (χ1) is 10.2. The Morgan fingerprint density at radius 3 is 2.50 bits per heavy atom. The number of hydrogen-bond donors (Lipinski definition) is 1. The lowest BCUT2D eigenvalue weighted by Gasteiger charge is -2.46. The third-order valence-electron chi connectivity index (χ3n) is 4.26. The van der Waals surface area contributed by atoms with Crippen molar-refractivity contribution < 1.29 is 4.92 Å². The van der Waals surface area contributed by atoms with Gasteiger partial charge in [-0.05, 0) is 46.6 Å². The molecule has 0 amide bonds. The molecule has 1 fully saturated rings. The van der Waals surface area contributed by atoms with E-state index in [1.807, 2.05) is 10.9 Å². The summed E-state index contributed by atoms with van der Waals surface area (Å²) in [4.78, 5) is 10.5. The number of non-ortho nitro benzene ring substituents is 1. The van der Waals surface area contributed by atoms with Gasteiger partial charge in [0.15, 0.2) is 0 Å². The first kappa shape index (κ1) is 15.0. The molecule has 6 nitrogen and oxygen atoms in total.